The molecule has 3 amide bonds. The lowest BCUT2D eigenvalue weighted by Gasteiger charge is -2.39. The number of alkyl halides is 3. The second-order valence-electron chi connectivity index (χ2n) is 7.26. The summed E-state index contributed by atoms with van der Waals surface area (Å²) in [6.07, 6.45) is -1.98. The summed E-state index contributed by atoms with van der Waals surface area (Å²) >= 11 is 6.01. The van der Waals surface area contributed by atoms with Gasteiger partial charge in [-0.15, -0.1) is 0 Å². The van der Waals surface area contributed by atoms with Gasteiger partial charge in [-0.1, -0.05) is 11.6 Å². The third-order valence-corrected chi connectivity index (χ3v) is 5.08. The lowest BCUT2D eigenvalue weighted by molar-refractivity contribution is -0.161. The van der Waals surface area contributed by atoms with E-state index >= 15 is 0 Å². The van der Waals surface area contributed by atoms with E-state index in [9.17, 15) is 27.6 Å². The van der Waals surface area contributed by atoms with Crippen LogP contribution < -0.4 is 5.32 Å². The number of carbonyl (C=O) groups excluding carboxylic acids is 3. The molecule has 0 radical (unpaired) electrons. The summed E-state index contributed by atoms with van der Waals surface area (Å²) in [6.45, 7) is 2.28. The Morgan fingerprint density at radius 2 is 1.79 bits per heavy atom. The number of likely N-dealkylation sites (N-methyl/N-ethyl adjacent to an activating group) is 1. The van der Waals surface area contributed by atoms with E-state index in [-0.39, 0.29) is 39.2 Å². The molecule has 0 bridgehead atoms. The molecule has 0 aromatic heterocycles. The molecule has 1 fully saturated rings. The maximum absolute atomic E-state index is 13.1. The Morgan fingerprint density at radius 1 is 1.21 bits per heavy atom. The van der Waals surface area contributed by atoms with Crippen molar-refractivity contribution in [2.75, 3.05) is 18.9 Å². The maximum atomic E-state index is 13.1. The zero-order valence-corrected chi connectivity index (χ0v) is 17.1. The zero-order valence-electron chi connectivity index (χ0n) is 16.3. The number of hydrogen-bond donors (Lipinski definition) is 1. The Kier molecular flexibility index (Phi) is 7.15. The number of carbonyl (C=O) groups is 3. The van der Waals surface area contributed by atoms with E-state index in [2.05, 4.69) is 5.32 Å². The van der Waals surface area contributed by atoms with Gasteiger partial charge in [-0.2, -0.15) is 13.2 Å². The first-order valence-electron chi connectivity index (χ1n) is 9.16. The number of piperidine rings is 1. The van der Waals surface area contributed by atoms with E-state index in [1.165, 1.54) is 18.2 Å². The van der Waals surface area contributed by atoms with Gasteiger partial charge in [-0.3, -0.25) is 14.4 Å². The van der Waals surface area contributed by atoms with Gasteiger partial charge in [0.1, 0.15) is 6.54 Å². The number of hydrogen-bond acceptors (Lipinski definition) is 3. The highest BCUT2D eigenvalue weighted by molar-refractivity contribution is 6.40. The number of rotatable bonds is 3. The van der Waals surface area contributed by atoms with Crippen molar-refractivity contribution in [3.63, 3.8) is 0 Å². The van der Waals surface area contributed by atoms with Crippen molar-refractivity contribution >= 4 is 35.0 Å². The van der Waals surface area contributed by atoms with E-state index in [1.54, 1.807) is 4.90 Å². The minimum absolute atomic E-state index is 0.0168. The average molecular weight is 434 g/mol. The predicted octanol–water partition coefficient (Wildman–Crippen LogP) is 3.70. The molecule has 2 atom stereocenters. The van der Waals surface area contributed by atoms with Gasteiger partial charge >= 0.3 is 18.0 Å². The normalized spacial score (nSPS) is 19.6. The van der Waals surface area contributed by atoms with Crippen LogP contribution >= 0.6 is 11.6 Å². The van der Waals surface area contributed by atoms with Gasteiger partial charge in [-0.25, -0.2) is 0 Å². The number of likely N-dealkylation sites (tertiary alicyclic amines) is 1. The molecule has 29 heavy (non-hydrogen) atoms. The fraction of sp³-hybridized carbons (Fsp3) is 0.526. The van der Waals surface area contributed by atoms with Crippen LogP contribution in [0, 0.1) is 0 Å². The van der Waals surface area contributed by atoms with Crippen LogP contribution in [0.5, 0.6) is 0 Å². The first-order chi connectivity index (χ1) is 13.4. The highest BCUT2D eigenvalue weighted by Crippen LogP contribution is 2.29. The zero-order chi connectivity index (χ0) is 21.9. The van der Waals surface area contributed by atoms with Crippen LogP contribution in [0.1, 0.15) is 43.5 Å². The smallest absolute Gasteiger partial charge is 0.333 e. The Balaban J connectivity index is 2.25. The molecule has 0 unspecified atom stereocenters. The molecule has 1 aliphatic rings. The number of benzene rings is 1. The summed E-state index contributed by atoms with van der Waals surface area (Å²) in [5.41, 5.74) is 0.0980. The predicted molar refractivity (Wildman–Crippen MR) is 103 cm³/mol. The molecule has 1 heterocycles. The topological polar surface area (TPSA) is 69.7 Å². The molecule has 0 spiro atoms. The molecule has 160 valence electrons. The number of halogens is 4. The largest absolute Gasteiger partial charge is 0.406 e. The van der Waals surface area contributed by atoms with Gasteiger partial charge in [0.2, 0.25) is 0 Å². The highest BCUT2D eigenvalue weighted by atomic mass is 35.5. The summed E-state index contributed by atoms with van der Waals surface area (Å²) in [5.74, 6) is -3.00. The van der Waals surface area contributed by atoms with Crippen LogP contribution in [0.25, 0.3) is 0 Å². The molecule has 0 saturated carbocycles. The van der Waals surface area contributed by atoms with E-state index < -0.39 is 24.5 Å². The quantitative estimate of drug-likeness (QED) is 0.739. The highest BCUT2D eigenvalue weighted by Gasteiger charge is 2.34. The van der Waals surface area contributed by atoms with Crippen molar-refractivity contribution < 1.29 is 27.6 Å². The molecule has 10 heteroatoms. The lowest BCUT2D eigenvalue weighted by atomic mass is 9.96. The van der Waals surface area contributed by atoms with E-state index in [1.807, 2.05) is 13.8 Å². The molecule has 1 aliphatic heterocycles. The van der Waals surface area contributed by atoms with E-state index in [4.69, 9.17) is 11.6 Å². The number of amides is 3. The third kappa shape index (κ3) is 5.85. The SMILES string of the molecule is C[C@H]1CCC[C@H](C)N1C(=O)c1cc(Cl)ccc1NC(=O)C(=O)N(C)CC(F)(F)F. The summed E-state index contributed by atoms with van der Waals surface area (Å²) in [6, 6.07) is 4.10. The molecular weight excluding hydrogens is 411 g/mol. The summed E-state index contributed by atoms with van der Waals surface area (Å²) < 4.78 is 37.4. The molecule has 1 aromatic carbocycles. The Labute approximate surface area is 172 Å². The van der Waals surface area contributed by atoms with Crippen molar-refractivity contribution in [2.45, 2.75) is 51.4 Å². The van der Waals surface area contributed by atoms with Crippen LogP contribution in [0.2, 0.25) is 5.02 Å². The minimum Gasteiger partial charge on any atom is -0.333 e. The molecule has 1 aromatic rings. The first-order valence-corrected chi connectivity index (χ1v) is 9.54. The Morgan fingerprint density at radius 3 is 2.34 bits per heavy atom. The molecular formula is C19H23ClF3N3O3. The number of anilines is 1. The summed E-state index contributed by atoms with van der Waals surface area (Å²) in [7, 11) is 0.875. The monoisotopic (exact) mass is 433 g/mol. The fourth-order valence-electron chi connectivity index (χ4n) is 3.45. The van der Waals surface area contributed by atoms with Crippen molar-refractivity contribution in [1.29, 1.82) is 0 Å². The van der Waals surface area contributed by atoms with Crippen molar-refractivity contribution in [1.82, 2.24) is 9.80 Å². The van der Waals surface area contributed by atoms with E-state index in [0.29, 0.717) is 0 Å². The fourth-order valence-corrected chi connectivity index (χ4v) is 3.63. The second kappa shape index (κ2) is 9.02. The van der Waals surface area contributed by atoms with Crippen LogP contribution in [-0.2, 0) is 9.59 Å². The van der Waals surface area contributed by atoms with Gasteiger partial charge in [0, 0.05) is 24.2 Å². The molecule has 6 nitrogen and oxygen atoms in total. The average Bonchev–Trinajstić information content (AvgIpc) is 2.60. The van der Waals surface area contributed by atoms with Crippen molar-refractivity contribution in [3.05, 3.63) is 28.8 Å². The van der Waals surface area contributed by atoms with Gasteiger partial charge in [-0.05, 0) is 51.3 Å². The van der Waals surface area contributed by atoms with Gasteiger partial charge in [0.05, 0.1) is 11.3 Å². The number of nitrogens with zero attached hydrogens (tertiary/aromatic N) is 2. The van der Waals surface area contributed by atoms with Gasteiger partial charge in [0.25, 0.3) is 5.91 Å². The minimum atomic E-state index is -4.63. The van der Waals surface area contributed by atoms with Gasteiger partial charge in [0.15, 0.2) is 0 Å². The standard InChI is InChI=1S/C19H23ClF3N3O3/c1-11-5-4-6-12(2)26(11)17(28)14-9-13(20)7-8-15(14)24-16(27)18(29)25(3)10-19(21,22)23/h7-9,11-12H,4-6,10H2,1-3H3,(H,24,27)/t11-,12-/m0/s1. The Hall–Kier alpha value is -2.29. The van der Waals surface area contributed by atoms with Crippen LogP contribution in [-0.4, -0.2) is 59.4 Å². The Bertz CT molecular complexity index is 791. The van der Waals surface area contributed by atoms with Crippen molar-refractivity contribution in [2.24, 2.45) is 0 Å². The molecule has 1 saturated heterocycles. The second-order valence-corrected chi connectivity index (χ2v) is 7.70. The first kappa shape index (κ1) is 23.0. The molecule has 2 rings (SSSR count). The van der Waals surface area contributed by atoms with Crippen LogP contribution in [0.15, 0.2) is 18.2 Å². The van der Waals surface area contributed by atoms with Crippen molar-refractivity contribution in [3.8, 4) is 0 Å². The molecule has 1 N–H and O–H groups in total. The van der Waals surface area contributed by atoms with Gasteiger partial charge < -0.3 is 15.1 Å². The summed E-state index contributed by atoms with van der Waals surface area (Å²) in [5, 5.41) is 2.50. The number of nitrogens with one attached hydrogen (secondary N) is 1. The molecule has 0 aliphatic carbocycles. The van der Waals surface area contributed by atoms with Crippen LogP contribution in [0.3, 0.4) is 0 Å². The van der Waals surface area contributed by atoms with E-state index in [0.717, 1.165) is 26.3 Å². The summed E-state index contributed by atoms with van der Waals surface area (Å²) in [4.78, 5) is 39.2. The maximum Gasteiger partial charge on any atom is 0.406 e. The third-order valence-electron chi connectivity index (χ3n) is 4.85. The lowest BCUT2D eigenvalue weighted by Crippen LogP contribution is -2.47. The van der Waals surface area contributed by atoms with Crippen LogP contribution in [0.4, 0.5) is 18.9 Å².